The van der Waals surface area contributed by atoms with E-state index in [2.05, 4.69) is 32.4 Å². The first kappa shape index (κ1) is 26.5. The molecule has 4 heterocycles. The number of amides is 2. The van der Waals surface area contributed by atoms with Crippen molar-refractivity contribution in [1.82, 2.24) is 29.3 Å². The van der Waals surface area contributed by atoms with Gasteiger partial charge in [-0.3, -0.25) is 4.79 Å². The molecule has 39 heavy (non-hydrogen) atoms. The van der Waals surface area contributed by atoms with Crippen LogP contribution in [0.3, 0.4) is 0 Å². The van der Waals surface area contributed by atoms with Crippen LogP contribution in [0, 0.1) is 0 Å². The molecule has 1 N–H and O–H groups in total. The molecule has 0 saturated carbocycles. The van der Waals surface area contributed by atoms with Crippen molar-refractivity contribution in [3.05, 3.63) is 42.1 Å². The third-order valence-corrected chi connectivity index (χ3v) is 7.07. The van der Waals surface area contributed by atoms with E-state index in [1.807, 2.05) is 58.3 Å². The molecule has 0 aliphatic carbocycles. The fraction of sp³-hybridized carbons (Fsp3) is 0.448. The van der Waals surface area contributed by atoms with Gasteiger partial charge in [-0.05, 0) is 64.8 Å². The number of aromatic nitrogens is 4. The van der Waals surface area contributed by atoms with Crippen LogP contribution in [0.4, 0.5) is 4.79 Å². The van der Waals surface area contributed by atoms with Gasteiger partial charge in [-0.1, -0.05) is 0 Å². The number of rotatable bonds is 5. The van der Waals surface area contributed by atoms with Crippen LogP contribution in [0.5, 0.6) is 5.88 Å². The molecular weight excluding hydrogens is 496 g/mol. The highest BCUT2D eigenvalue weighted by Gasteiger charge is 2.28. The minimum absolute atomic E-state index is 0.0689. The number of fused-ring (bicyclic) bond motifs is 2. The first-order valence-electron chi connectivity index (χ1n) is 13.4. The number of methoxy groups -OCH3 is 1. The van der Waals surface area contributed by atoms with Crippen molar-refractivity contribution in [2.24, 2.45) is 7.05 Å². The predicted octanol–water partition coefficient (Wildman–Crippen LogP) is 4.75. The number of benzene rings is 1. The van der Waals surface area contributed by atoms with Gasteiger partial charge in [0.15, 0.2) is 5.82 Å². The van der Waals surface area contributed by atoms with Crippen molar-refractivity contribution in [2.45, 2.75) is 58.7 Å². The van der Waals surface area contributed by atoms with Gasteiger partial charge in [0.25, 0.3) is 5.91 Å². The van der Waals surface area contributed by atoms with Crippen molar-refractivity contribution in [1.29, 1.82) is 0 Å². The van der Waals surface area contributed by atoms with E-state index in [1.54, 1.807) is 12.0 Å². The summed E-state index contributed by atoms with van der Waals surface area (Å²) in [6.45, 7) is 9.43. The zero-order valence-corrected chi connectivity index (χ0v) is 23.4. The summed E-state index contributed by atoms with van der Waals surface area (Å²) in [6.07, 6.45) is 2.98. The highest BCUT2D eigenvalue weighted by Crippen LogP contribution is 2.31. The molecule has 1 aliphatic rings. The molecule has 3 aromatic heterocycles. The molecule has 0 spiro atoms. The summed E-state index contributed by atoms with van der Waals surface area (Å²) in [7, 11) is 3.60. The minimum atomic E-state index is -0.569. The van der Waals surface area contributed by atoms with E-state index in [9.17, 15) is 9.59 Å². The number of nitrogens with zero attached hydrogens (tertiary/aromatic N) is 5. The fourth-order valence-electron chi connectivity index (χ4n) is 5.28. The maximum atomic E-state index is 13.5. The standard InChI is InChI=1S/C29H36N6O4/c1-7-35-23(14-19-15-25(38-6)30-16-24(19)35)26-32-21-13-18(10-11-22(21)33(26)5)27(36)34-12-8-9-20(17-34)31-28(37)39-29(2,3)4/h10-11,13-16,20H,7-9,12,17H2,1-6H3,(H,31,37). The summed E-state index contributed by atoms with van der Waals surface area (Å²) in [5, 5.41) is 3.94. The molecule has 0 radical (unpaired) electrons. The first-order chi connectivity index (χ1) is 18.6. The van der Waals surface area contributed by atoms with Crippen LogP contribution >= 0.6 is 0 Å². The molecule has 10 heteroatoms. The molecule has 206 valence electrons. The molecule has 1 aliphatic heterocycles. The maximum Gasteiger partial charge on any atom is 0.407 e. The lowest BCUT2D eigenvalue weighted by Crippen LogP contribution is -2.50. The Bertz CT molecular complexity index is 1550. The van der Waals surface area contributed by atoms with Crippen molar-refractivity contribution in [3.63, 3.8) is 0 Å². The molecule has 1 unspecified atom stereocenters. The van der Waals surface area contributed by atoms with E-state index in [1.165, 1.54) is 0 Å². The van der Waals surface area contributed by atoms with Gasteiger partial charge in [0.05, 0.1) is 35.6 Å². The molecule has 1 saturated heterocycles. The number of piperidine rings is 1. The largest absolute Gasteiger partial charge is 0.481 e. The Balaban J connectivity index is 1.40. The van der Waals surface area contributed by atoms with Gasteiger partial charge in [0.1, 0.15) is 5.60 Å². The van der Waals surface area contributed by atoms with Crippen LogP contribution in [0.25, 0.3) is 33.5 Å². The first-order valence-corrected chi connectivity index (χ1v) is 13.4. The van der Waals surface area contributed by atoms with E-state index in [0.717, 1.165) is 52.8 Å². The number of pyridine rings is 1. The zero-order valence-electron chi connectivity index (χ0n) is 23.4. The Morgan fingerprint density at radius 1 is 1.15 bits per heavy atom. The van der Waals surface area contributed by atoms with Crippen LogP contribution in [-0.2, 0) is 18.3 Å². The second-order valence-electron chi connectivity index (χ2n) is 11.0. The van der Waals surface area contributed by atoms with Crippen molar-refractivity contribution < 1.29 is 19.1 Å². The third kappa shape index (κ3) is 5.28. The molecule has 2 amide bonds. The lowest BCUT2D eigenvalue weighted by Gasteiger charge is -2.33. The van der Waals surface area contributed by atoms with E-state index >= 15 is 0 Å². The third-order valence-electron chi connectivity index (χ3n) is 7.07. The zero-order chi connectivity index (χ0) is 27.9. The van der Waals surface area contributed by atoms with E-state index in [4.69, 9.17) is 14.5 Å². The number of aryl methyl sites for hydroxylation is 2. The molecule has 1 atom stereocenters. The van der Waals surface area contributed by atoms with Crippen LogP contribution in [0.2, 0.25) is 0 Å². The monoisotopic (exact) mass is 532 g/mol. The van der Waals surface area contributed by atoms with Gasteiger partial charge in [0.2, 0.25) is 5.88 Å². The number of imidazole rings is 1. The SMILES string of the molecule is CCn1c(-c2nc3cc(C(=O)N4CCCC(NC(=O)OC(C)(C)C)C4)ccc3n2C)cc2cc(OC)ncc21. The number of hydrogen-bond donors (Lipinski definition) is 1. The van der Waals surface area contributed by atoms with Crippen molar-refractivity contribution in [2.75, 3.05) is 20.2 Å². The second kappa shape index (κ2) is 10.2. The average Bonchev–Trinajstić information content (AvgIpc) is 3.43. The summed E-state index contributed by atoms with van der Waals surface area (Å²) in [5.41, 5.74) is 3.68. The Hall–Kier alpha value is -4.08. The second-order valence-corrected chi connectivity index (χ2v) is 11.0. The number of nitrogens with one attached hydrogen (secondary N) is 1. The topological polar surface area (TPSA) is 104 Å². The number of carbonyl (C=O) groups is 2. The quantitative estimate of drug-likeness (QED) is 0.398. The summed E-state index contributed by atoms with van der Waals surface area (Å²) >= 11 is 0. The Labute approximate surface area is 227 Å². The molecule has 1 fully saturated rings. The molecule has 0 bridgehead atoms. The predicted molar refractivity (Wildman–Crippen MR) is 150 cm³/mol. The van der Waals surface area contributed by atoms with Crippen LogP contribution in [-0.4, -0.2) is 67.8 Å². The lowest BCUT2D eigenvalue weighted by atomic mass is 10.0. The highest BCUT2D eigenvalue weighted by atomic mass is 16.6. The van der Waals surface area contributed by atoms with Gasteiger partial charge in [-0.15, -0.1) is 0 Å². The van der Waals surface area contributed by atoms with Crippen LogP contribution < -0.4 is 10.1 Å². The Morgan fingerprint density at radius 2 is 1.95 bits per heavy atom. The van der Waals surface area contributed by atoms with Crippen molar-refractivity contribution >= 4 is 33.9 Å². The summed E-state index contributed by atoms with van der Waals surface area (Å²) in [5.74, 6) is 1.31. The van der Waals surface area contributed by atoms with E-state index in [-0.39, 0.29) is 11.9 Å². The smallest absolute Gasteiger partial charge is 0.407 e. The number of hydrogen-bond acceptors (Lipinski definition) is 6. The lowest BCUT2D eigenvalue weighted by molar-refractivity contribution is 0.0452. The number of ether oxygens (including phenoxy) is 2. The summed E-state index contributed by atoms with van der Waals surface area (Å²) in [6, 6.07) is 9.53. The van der Waals surface area contributed by atoms with Gasteiger partial charge >= 0.3 is 6.09 Å². The normalized spacial score (nSPS) is 16.1. The molecule has 5 rings (SSSR count). The Morgan fingerprint density at radius 3 is 2.67 bits per heavy atom. The number of likely N-dealkylation sites (tertiary alicyclic amines) is 1. The van der Waals surface area contributed by atoms with Crippen LogP contribution in [0.15, 0.2) is 36.5 Å². The van der Waals surface area contributed by atoms with Gasteiger partial charge in [-0.2, -0.15) is 0 Å². The summed E-state index contributed by atoms with van der Waals surface area (Å²) < 4.78 is 14.9. The average molecular weight is 533 g/mol. The Kier molecular flexibility index (Phi) is 6.96. The van der Waals surface area contributed by atoms with Gasteiger partial charge in [-0.25, -0.2) is 14.8 Å². The molecule has 1 aromatic carbocycles. The van der Waals surface area contributed by atoms with E-state index in [0.29, 0.717) is 24.5 Å². The number of carbonyl (C=O) groups excluding carboxylic acids is 2. The van der Waals surface area contributed by atoms with Gasteiger partial charge < -0.3 is 28.8 Å². The van der Waals surface area contributed by atoms with Crippen LogP contribution in [0.1, 0.15) is 50.9 Å². The van der Waals surface area contributed by atoms with E-state index < -0.39 is 11.7 Å². The maximum absolute atomic E-state index is 13.5. The molecule has 4 aromatic rings. The fourth-order valence-corrected chi connectivity index (χ4v) is 5.28. The summed E-state index contributed by atoms with van der Waals surface area (Å²) in [4.78, 5) is 36.8. The number of alkyl carbamates (subject to hydrolysis) is 1. The highest BCUT2D eigenvalue weighted by molar-refractivity contribution is 5.98. The molecular formula is C29H36N6O4. The minimum Gasteiger partial charge on any atom is -0.481 e. The van der Waals surface area contributed by atoms with Gasteiger partial charge in [0, 0.05) is 49.7 Å². The molecule has 10 nitrogen and oxygen atoms in total. The van der Waals surface area contributed by atoms with Crippen molar-refractivity contribution in [3.8, 4) is 17.4 Å².